The highest BCUT2D eigenvalue weighted by Crippen LogP contribution is 2.34. The average molecular weight is 421 g/mol. The summed E-state index contributed by atoms with van der Waals surface area (Å²) in [5.74, 6) is -0.235. The fourth-order valence-electron chi connectivity index (χ4n) is 3.91. The number of fused-ring (bicyclic) bond motifs is 1. The van der Waals surface area contributed by atoms with Crippen molar-refractivity contribution in [1.29, 1.82) is 0 Å². The summed E-state index contributed by atoms with van der Waals surface area (Å²) in [5.41, 5.74) is 1.59. The summed E-state index contributed by atoms with van der Waals surface area (Å²) in [4.78, 5) is 39.5. The Hall–Kier alpha value is -3.88. The molecule has 31 heavy (non-hydrogen) atoms. The summed E-state index contributed by atoms with van der Waals surface area (Å²) >= 11 is 0. The Morgan fingerprint density at radius 2 is 2.03 bits per heavy atom. The molecule has 1 aromatic heterocycles. The first-order chi connectivity index (χ1) is 14.9. The number of H-pyrrole nitrogens is 1. The van der Waals surface area contributed by atoms with E-state index in [1.54, 1.807) is 37.6 Å². The summed E-state index contributed by atoms with van der Waals surface area (Å²) in [6.07, 6.45) is 2.03. The first kappa shape index (κ1) is 20.4. The number of aromatic amines is 1. The summed E-state index contributed by atoms with van der Waals surface area (Å²) < 4.78 is 5.29. The number of hydrogen-bond acceptors (Lipinski definition) is 5. The molecule has 160 valence electrons. The van der Waals surface area contributed by atoms with Crippen LogP contribution < -0.4 is 15.4 Å². The molecule has 4 amide bonds. The van der Waals surface area contributed by atoms with E-state index in [-0.39, 0.29) is 6.54 Å². The number of carbonyl (C=O) groups excluding carboxylic acids is 3. The maximum absolute atomic E-state index is 13.3. The highest BCUT2D eigenvalue weighted by Gasteiger charge is 2.51. The van der Waals surface area contributed by atoms with E-state index in [0.29, 0.717) is 23.4 Å². The van der Waals surface area contributed by atoms with Crippen LogP contribution in [0, 0.1) is 6.92 Å². The molecular formula is C22H23N5O4. The minimum atomic E-state index is -1.22. The second-order valence-corrected chi connectivity index (χ2v) is 7.48. The molecule has 4 rings (SSSR count). The average Bonchev–Trinajstić information content (AvgIpc) is 3.31. The summed E-state index contributed by atoms with van der Waals surface area (Å²) in [5, 5.41) is 13.2. The molecule has 1 unspecified atom stereocenters. The molecular weight excluding hydrogens is 398 g/mol. The third-order valence-corrected chi connectivity index (χ3v) is 5.62. The lowest BCUT2D eigenvalue weighted by atomic mass is 9.86. The van der Waals surface area contributed by atoms with Crippen molar-refractivity contribution in [2.24, 2.45) is 0 Å². The van der Waals surface area contributed by atoms with Gasteiger partial charge < -0.3 is 15.4 Å². The number of anilines is 1. The molecule has 1 aliphatic heterocycles. The maximum atomic E-state index is 13.3. The SMILES string of the molecule is CCC1(c2ccc(OC)c(C)c2)NC(=O)N(CC(=O)Nc2ccc3cn[nH]c3c2)C1=O. The molecule has 1 saturated heterocycles. The Morgan fingerprint density at radius 1 is 1.23 bits per heavy atom. The highest BCUT2D eigenvalue weighted by atomic mass is 16.5. The van der Waals surface area contributed by atoms with E-state index in [4.69, 9.17) is 4.74 Å². The van der Waals surface area contributed by atoms with Gasteiger partial charge in [-0.25, -0.2) is 4.79 Å². The Labute approximate surface area is 178 Å². The fraction of sp³-hybridized carbons (Fsp3) is 0.273. The minimum Gasteiger partial charge on any atom is -0.496 e. The standard InChI is InChI=1S/C22H23N5O4/c1-4-22(15-6-8-18(31-3)13(2)9-15)20(29)27(21(30)25-22)12-19(28)24-16-7-5-14-11-23-26-17(14)10-16/h5-11H,4,12H2,1-3H3,(H,23,26)(H,24,28)(H,25,30). The number of amides is 4. The zero-order valence-electron chi connectivity index (χ0n) is 17.5. The van der Waals surface area contributed by atoms with Crippen molar-refractivity contribution in [1.82, 2.24) is 20.4 Å². The topological polar surface area (TPSA) is 116 Å². The van der Waals surface area contributed by atoms with Gasteiger partial charge in [-0.2, -0.15) is 5.10 Å². The lowest BCUT2D eigenvalue weighted by Crippen LogP contribution is -2.44. The number of ether oxygens (including phenoxy) is 1. The molecule has 1 atom stereocenters. The van der Waals surface area contributed by atoms with E-state index < -0.39 is 23.4 Å². The second-order valence-electron chi connectivity index (χ2n) is 7.48. The molecule has 1 aliphatic rings. The van der Waals surface area contributed by atoms with Crippen LogP contribution in [0.1, 0.15) is 24.5 Å². The fourth-order valence-corrected chi connectivity index (χ4v) is 3.91. The van der Waals surface area contributed by atoms with Crippen LogP contribution in [0.5, 0.6) is 5.75 Å². The Kier molecular flexibility index (Phi) is 5.10. The lowest BCUT2D eigenvalue weighted by Gasteiger charge is -2.26. The number of urea groups is 1. The van der Waals surface area contributed by atoms with Crippen molar-refractivity contribution in [3.8, 4) is 5.75 Å². The molecule has 9 nitrogen and oxygen atoms in total. The van der Waals surface area contributed by atoms with Gasteiger partial charge in [-0.3, -0.25) is 19.6 Å². The van der Waals surface area contributed by atoms with Gasteiger partial charge in [0, 0.05) is 11.1 Å². The summed E-state index contributed by atoms with van der Waals surface area (Å²) in [6, 6.07) is 10.0. The molecule has 0 radical (unpaired) electrons. The van der Waals surface area contributed by atoms with Gasteiger partial charge in [0.15, 0.2) is 0 Å². The number of rotatable bonds is 6. The van der Waals surface area contributed by atoms with Crippen molar-refractivity contribution in [2.75, 3.05) is 19.0 Å². The molecule has 0 aliphatic carbocycles. The van der Waals surface area contributed by atoms with Gasteiger partial charge in [0.05, 0.1) is 18.8 Å². The van der Waals surface area contributed by atoms with Crippen molar-refractivity contribution in [3.63, 3.8) is 0 Å². The lowest BCUT2D eigenvalue weighted by molar-refractivity contribution is -0.134. The van der Waals surface area contributed by atoms with E-state index in [1.807, 2.05) is 26.0 Å². The number of nitrogens with zero attached hydrogens (tertiary/aromatic N) is 2. The number of aryl methyl sites for hydroxylation is 1. The van der Waals surface area contributed by atoms with Crippen LogP contribution in [0.2, 0.25) is 0 Å². The predicted octanol–water partition coefficient (Wildman–Crippen LogP) is 2.68. The molecule has 9 heteroatoms. The van der Waals surface area contributed by atoms with Crippen molar-refractivity contribution in [3.05, 3.63) is 53.7 Å². The molecule has 0 spiro atoms. The van der Waals surface area contributed by atoms with Crippen LogP contribution in [0.15, 0.2) is 42.6 Å². The second kappa shape index (κ2) is 7.75. The summed E-state index contributed by atoms with van der Waals surface area (Å²) in [7, 11) is 1.57. The van der Waals surface area contributed by atoms with E-state index in [2.05, 4.69) is 20.8 Å². The smallest absolute Gasteiger partial charge is 0.325 e. The number of benzene rings is 2. The van der Waals surface area contributed by atoms with E-state index in [1.165, 1.54) is 0 Å². The predicted molar refractivity (Wildman–Crippen MR) is 115 cm³/mol. The minimum absolute atomic E-state index is 0.345. The Bertz CT molecular complexity index is 1190. The molecule has 1 fully saturated rings. The third-order valence-electron chi connectivity index (χ3n) is 5.62. The third kappa shape index (κ3) is 3.48. The number of carbonyl (C=O) groups is 3. The molecule has 2 heterocycles. The zero-order chi connectivity index (χ0) is 22.2. The van der Waals surface area contributed by atoms with E-state index in [0.717, 1.165) is 21.4 Å². The normalized spacial score (nSPS) is 18.4. The van der Waals surface area contributed by atoms with Gasteiger partial charge in [0.25, 0.3) is 5.91 Å². The van der Waals surface area contributed by atoms with Crippen LogP contribution in [0.3, 0.4) is 0 Å². The number of methoxy groups -OCH3 is 1. The summed E-state index contributed by atoms with van der Waals surface area (Å²) in [6.45, 7) is 3.30. The maximum Gasteiger partial charge on any atom is 0.325 e. The van der Waals surface area contributed by atoms with E-state index in [9.17, 15) is 14.4 Å². The van der Waals surface area contributed by atoms with Gasteiger partial charge in [-0.05, 0) is 54.8 Å². The molecule has 3 N–H and O–H groups in total. The van der Waals surface area contributed by atoms with Crippen molar-refractivity contribution < 1.29 is 19.1 Å². The first-order valence-electron chi connectivity index (χ1n) is 9.90. The van der Waals surface area contributed by atoms with E-state index >= 15 is 0 Å². The van der Waals surface area contributed by atoms with Crippen LogP contribution in [0.4, 0.5) is 10.5 Å². The van der Waals surface area contributed by atoms with Gasteiger partial charge >= 0.3 is 6.03 Å². The monoisotopic (exact) mass is 421 g/mol. The highest BCUT2D eigenvalue weighted by molar-refractivity contribution is 6.10. The Balaban J connectivity index is 1.53. The quantitative estimate of drug-likeness (QED) is 0.529. The number of imide groups is 1. The number of aromatic nitrogens is 2. The van der Waals surface area contributed by atoms with Crippen LogP contribution in [-0.2, 0) is 15.1 Å². The van der Waals surface area contributed by atoms with Gasteiger partial charge in [-0.1, -0.05) is 13.0 Å². The van der Waals surface area contributed by atoms with Crippen LogP contribution in [-0.4, -0.2) is 46.6 Å². The molecule has 0 saturated carbocycles. The Morgan fingerprint density at radius 3 is 2.74 bits per heavy atom. The van der Waals surface area contributed by atoms with Gasteiger partial charge in [0.1, 0.15) is 17.8 Å². The number of nitrogens with one attached hydrogen (secondary N) is 3. The van der Waals surface area contributed by atoms with Crippen LogP contribution >= 0.6 is 0 Å². The molecule has 2 aromatic carbocycles. The van der Waals surface area contributed by atoms with Crippen molar-refractivity contribution in [2.45, 2.75) is 25.8 Å². The molecule has 0 bridgehead atoms. The first-order valence-corrected chi connectivity index (χ1v) is 9.90. The number of hydrogen-bond donors (Lipinski definition) is 3. The van der Waals surface area contributed by atoms with Crippen molar-refractivity contribution >= 4 is 34.4 Å². The largest absolute Gasteiger partial charge is 0.496 e. The zero-order valence-corrected chi connectivity index (χ0v) is 17.5. The molecule has 3 aromatic rings. The van der Waals surface area contributed by atoms with Gasteiger partial charge in [-0.15, -0.1) is 0 Å². The van der Waals surface area contributed by atoms with Crippen LogP contribution in [0.25, 0.3) is 10.9 Å². The van der Waals surface area contributed by atoms with Gasteiger partial charge in [0.2, 0.25) is 5.91 Å².